The van der Waals surface area contributed by atoms with Crippen molar-refractivity contribution in [3.63, 3.8) is 0 Å². The molecule has 1 heterocycles. The third-order valence-corrected chi connectivity index (χ3v) is 4.85. The van der Waals surface area contributed by atoms with Crippen LogP contribution in [0.3, 0.4) is 0 Å². The van der Waals surface area contributed by atoms with Crippen molar-refractivity contribution in [2.45, 2.75) is 25.3 Å². The monoisotopic (exact) mass is 334 g/mol. The fourth-order valence-electron chi connectivity index (χ4n) is 1.60. The van der Waals surface area contributed by atoms with Crippen LogP contribution in [-0.4, -0.2) is 37.3 Å². The molecule has 0 fully saturated rings. The Morgan fingerprint density at radius 1 is 1.61 bits per heavy atom. The van der Waals surface area contributed by atoms with E-state index >= 15 is 0 Å². The normalized spacial score (nSPS) is 13.6. The molecular weight excluding hydrogens is 316 g/mol. The number of carboxylic acids is 1. The van der Waals surface area contributed by atoms with Gasteiger partial charge in [-0.1, -0.05) is 13.8 Å². The maximum Gasteiger partial charge on any atom is 0.322 e. The summed E-state index contributed by atoms with van der Waals surface area (Å²) >= 11 is 5.16. The second-order valence-corrected chi connectivity index (χ2v) is 6.65. The Morgan fingerprint density at radius 3 is 2.72 bits per heavy atom. The van der Waals surface area contributed by atoms with Gasteiger partial charge in [-0.3, -0.25) is 4.79 Å². The highest BCUT2D eigenvalue weighted by molar-refractivity contribution is 9.10. The SMILES string of the molecule is CNC(CNCC(C)(C)c1cc(Br)cs1)C(=O)O. The van der Waals surface area contributed by atoms with Crippen molar-refractivity contribution in [3.05, 3.63) is 20.8 Å². The summed E-state index contributed by atoms with van der Waals surface area (Å²) in [6.07, 6.45) is 0. The number of halogens is 1. The van der Waals surface area contributed by atoms with Gasteiger partial charge in [0.2, 0.25) is 0 Å². The molecule has 0 aliphatic heterocycles. The van der Waals surface area contributed by atoms with Gasteiger partial charge >= 0.3 is 5.97 Å². The van der Waals surface area contributed by atoms with Gasteiger partial charge in [-0.05, 0) is 29.0 Å². The van der Waals surface area contributed by atoms with E-state index in [1.807, 2.05) is 0 Å². The van der Waals surface area contributed by atoms with E-state index in [4.69, 9.17) is 5.11 Å². The fourth-order valence-corrected chi connectivity index (χ4v) is 3.15. The standard InChI is InChI=1S/C12H19BrN2O2S/c1-12(2,10-4-8(13)6-18-10)7-15-5-9(14-3)11(16)17/h4,6,9,14-15H,5,7H2,1-3H3,(H,16,17). The highest BCUT2D eigenvalue weighted by atomic mass is 79.9. The maximum atomic E-state index is 10.9. The summed E-state index contributed by atoms with van der Waals surface area (Å²) in [5.41, 5.74) is -0.00647. The quantitative estimate of drug-likeness (QED) is 0.714. The number of aliphatic carboxylic acids is 1. The van der Waals surface area contributed by atoms with Gasteiger partial charge in [0.1, 0.15) is 6.04 Å². The number of nitrogens with one attached hydrogen (secondary N) is 2. The molecule has 1 aromatic rings. The van der Waals surface area contributed by atoms with Crippen LogP contribution in [0.4, 0.5) is 0 Å². The molecule has 1 unspecified atom stereocenters. The largest absolute Gasteiger partial charge is 0.480 e. The Kier molecular flexibility index (Phi) is 5.78. The Morgan fingerprint density at radius 2 is 2.28 bits per heavy atom. The number of likely N-dealkylation sites (N-methyl/N-ethyl adjacent to an activating group) is 1. The molecule has 0 saturated heterocycles. The summed E-state index contributed by atoms with van der Waals surface area (Å²) in [4.78, 5) is 12.1. The third kappa shape index (κ3) is 4.35. The van der Waals surface area contributed by atoms with Crippen LogP contribution >= 0.6 is 27.3 Å². The van der Waals surface area contributed by atoms with Crippen molar-refractivity contribution in [1.29, 1.82) is 0 Å². The van der Waals surface area contributed by atoms with Gasteiger partial charge in [0.25, 0.3) is 0 Å². The summed E-state index contributed by atoms with van der Waals surface area (Å²) in [6.45, 7) is 5.45. The Labute approximate surface area is 120 Å². The first kappa shape index (κ1) is 15.6. The molecular formula is C12H19BrN2O2S. The lowest BCUT2D eigenvalue weighted by Gasteiger charge is -2.24. The van der Waals surface area contributed by atoms with Gasteiger partial charge in [-0.2, -0.15) is 0 Å². The summed E-state index contributed by atoms with van der Waals surface area (Å²) in [7, 11) is 1.65. The van der Waals surface area contributed by atoms with Crippen LogP contribution in [0.2, 0.25) is 0 Å². The maximum absolute atomic E-state index is 10.9. The molecule has 102 valence electrons. The van der Waals surface area contributed by atoms with Crippen LogP contribution in [0.1, 0.15) is 18.7 Å². The van der Waals surface area contributed by atoms with Gasteiger partial charge in [0, 0.05) is 33.2 Å². The molecule has 0 spiro atoms. The molecule has 1 aromatic heterocycles. The lowest BCUT2D eigenvalue weighted by molar-refractivity contribution is -0.139. The van der Waals surface area contributed by atoms with Gasteiger partial charge in [-0.25, -0.2) is 0 Å². The smallest absolute Gasteiger partial charge is 0.322 e. The molecule has 18 heavy (non-hydrogen) atoms. The molecule has 4 nitrogen and oxygen atoms in total. The molecule has 6 heteroatoms. The molecule has 1 rings (SSSR count). The predicted octanol–water partition coefficient (Wildman–Crippen LogP) is 2.05. The summed E-state index contributed by atoms with van der Waals surface area (Å²) in [5.74, 6) is -0.832. The second-order valence-electron chi connectivity index (χ2n) is 4.82. The summed E-state index contributed by atoms with van der Waals surface area (Å²) < 4.78 is 1.09. The van der Waals surface area contributed by atoms with Crippen LogP contribution in [0.25, 0.3) is 0 Å². The molecule has 3 N–H and O–H groups in total. The first-order valence-electron chi connectivity index (χ1n) is 5.72. The van der Waals surface area contributed by atoms with Gasteiger partial charge in [0.05, 0.1) is 0 Å². The Balaban J connectivity index is 2.49. The summed E-state index contributed by atoms with van der Waals surface area (Å²) in [5, 5.41) is 17.0. The first-order chi connectivity index (χ1) is 8.36. The number of carboxylic acid groups (broad SMARTS) is 1. The summed E-state index contributed by atoms with van der Waals surface area (Å²) in [6, 6.07) is 1.56. The zero-order valence-corrected chi connectivity index (χ0v) is 13.2. The number of thiophene rings is 1. The molecule has 0 aliphatic rings. The van der Waals surface area contributed by atoms with E-state index in [0.29, 0.717) is 6.54 Å². The highest BCUT2D eigenvalue weighted by Gasteiger charge is 2.23. The van der Waals surface area contributed by atoms with E-state index in [0.717, 1.165) is 11.0 Å². The first-order valence-corrected chi connectivity index (χ1v) is 7.39. The average molecular weight is 335 g/mol. The second kappa shape index (κ2) is 6.65. The van der Waals surface area contributed by atoms with Gasteiger partial charge in [0.15, 0.2) is 0 Å². The lowest BCUT2D eigenvalue weighted by atomic mass is 9.91. The minimum absolute atomic E-state index is 0.00647. The highest BCUT2D eigenvalue weighted by Crippen LogP contribution is 2.30. The third-order valence-electron chi connectivity index (χ3n) is 2.80. The molecule has 0 saturated carbocycles. The van der Waals surface area contributed by atoms with Crippen LogP contribution in [-0.2, 0) is 10.2 Å². The topological polar surface area (TPSA) is 61.4 Å². The molecule has 0 radical (unpaired) electrons. The van der Waals surface area contributed by atoms with Crippen LogP contribution in [0.15, 0.2) is 15.9 Å². The van der Waals surface area contributed by atoms with Crippen LogP contribution in [0, 0.1) is 0 Å². The van der Waals surface area contributed by atoms with E-state index in [2.05, 4.69) is 51.9 Å². The zero-order valence-electron chi connectivity index (χ0n) is 10.8. The Bertz CT molecular complexity index is 407. The van der Waals surface area contributed by atoms with Crippen molar-refractivity contribution < 1.29 is 9.90 Å². The minimum Gasteiger partial charge on any atom is -0.480 e. The van der Waals surface area contributed by atoms with Gasteiger partial charge < -0.3 is 15.7 Å². The van der Waals surface area contributed by atoms with Crippen molar-refractivity contribution in [3.8, 4) is 0 Å². The predicted molar refractivity (Wildman–Crippen MR) is 78.4 cm³/mol. The van der Waals surface area contributed by atoms with Gasteiger partial charge in [-0.15, -0.1) is 11.3 Å². The van der Waals surface area contributed by atoms with Crippen molar-refractivity contribution >= 4 is 33.2 Å². The molecule has 0 aromatic carbocycles. The number of carbonyl (C=O) groups is 1. The number of hydrogen-bond donors (Lipinski definition) is 3. The Hall–Kier alpha value is -0.430. The molecule has 0 aliphatic carbocycles. The number of hydrogen-bond acceptors (Lipinski definition) is 4. The van der Waals surface area contributed by atoms with E-state index in [9.17, 15) is 4.79 Å². The molecule has 0 amide bonds. The zero-order chi connectivity index (χ0) is 13.8. The average Bonchev–Trinajstić information content (AvgIpc) is 2.71. The van der Waals surface area contributed by atoms with Crippen LogP contribution < -0.4 is 10.6 Å². The van der Waals surface area contributed by atoms with Crippen LogP contribution in [0.5, 0.6) is 0 Å². The lowest BCUT2D eigenvalue weighted by Crippen LogP contribution is -2.45. The van der Waals surface area contributed by atoms with E-state index in [1.54, 1.807) is 18.4 Å². The molecule has 0 bridgehead atoms. The molecule has 1 atom stereocenters. The number of rotatable bonds is 7. The minimum atomic E-state index is -0.832. The fraction of sp³-hybridized carbons (Fsp3) is 0.583. The van der Waals surface area contributed by atoms with E-state index in [-0.39, 0.29) is 5.41 Å². The van der Waals surface area contributed by atoms with E-state index < -0.39 is 12.0 Å². The van der Waals surface area contributed by atoms with Crippen molar-refractivity contribution in [2.75, 3.05) is 20.1 Å². The van der Waals surface area contributed by atoms with Crippen molar-refractivity contribution in [2.24, 2.45) is 0 Å². The van der Waals surface area contributed by atoms with Crippen molar-refractivity contribution in [1.82, 2.24) is 10.6 Å². The van der Waals surface area contributed by atoms with E-state index in [1.165, 1.54) is 4.88 Å².